The van der Waals surface area contributed by atoms with E-state index in [4.69, 9.17) is 5.73 Å². The Balaban J connectivity index is 2.04. The van der Waals surface area contributed by atoms with Gasteiger partial charge >= 0.3 is 0 Å². The number of fused-ring (bicyclic) bond motifs is 2. The van der Waals surface area contributed by atoms with Gasteiger partial charge in [0.05, 0.1) is 5.60 Å². The first-order valence-electron chi connectivity index (χ1n) is 5.62. The van der Waals surface area contributed by atoms with Gasteiger partial charge in [-0.25, -0.2) is 0 Å². The highest BCUT2D eigenvalue weighted by molar-refractivity contribution is 5.48. The van der Waals surface area contributed by atoms with Crippen LogP contribution in [0, 0.1) is 11.8 Å². The lowest BCUT2D eigenvalue weighted by atomic mass is 9.79. The number of rotatable bonds is 1. The Hall–Kier alpha value is -1.09. The van der Waals surface area contributed by atoms with Gasteiger partial charge in [-0.3, -0.25) is 4.98 Å². The van der Waals surface area contributed by atoms with Crippen LogP contribution in [0.1, 0.15) is 31.2 Å². The van der Waals surface area contributed by atoms with Crippen molar-refractivity contribution >= 4 is 5.69 Å². The van der Waals surface area contributed by atoms with Gasteiger partial charge in [-0.15, -0.1) is 0 Å². The molecule has 2 aliphatic rings. The molecule has 80 valence electrons. The molecule has 3 heteroatoms. The van der Waals surface area contributed by atoms with Crippen molar-refractivity contribution in [3.63, 3.8) is 0 Å². The van der Waals surface area contributed by atoms with Crippen LogP contribution in [-0.2, 0) is 5.60 Å². The predicted molar refractivity (Wildman–Crippen MR) is 58.0 cm³/mol. The standard InChI is InChI=1S/C12H16N2O/c13-11-3-4-14-7-10(11)12(15)6-8-1-2-9(12)5-8/h3-4,7-9,15H,1-2,5-6H2,(H2,13,14). The fourth-order valence-electron chi connectivity index (χ4n) is 3.40. The highest BCUT2D eigenvalue weighted by atomic mass is 16.3. The number of aromatic nitrogens is 1. The average molecular weight is 204 g/mol. The number of aliphatic hydroxyl groups is 1. The molecule has 0 radical (unpaired) electrons. The Bertz CT molecular complexity index is 393. The second-order valence-electron chi connectivity index (χ2n) is 4.97. The molecule has 3 N–H and O–H groups in total. The molecule has 3 nitrogen and oxygen atoms in total. The lowest BCUT2D eigenvalue weighted by Gasteiger charge is -2.33. The van der Waals surface area contributed by atoms with Crippen molar-refractivity contribution in [2.24, 2.45) is 11.8 Å². The maximum atomic E-state index is 10.7. The third-order valence-electron chi connectivity index (χ3n) is 4.14. The van der Waals surface area contributed by atoms with Crippen molar-refractivity contribution in [1.29, 1.82) is 0 Å². The van der Waals surface area contributed by atoms with Gasteiger partial charge in [-0.05, 0) is 43.6 Å². The largest absolute Gasteiger partial charge is 0.398 e. The second-order valence-corrected chi connectivity index (χ2v) is 4.97. The van der Waals surface area contributed by atoms with Crippen LogP contribution in [0.3, 0.4) is 0 Å². The normalized spacial score (nSPS) is 38.5. The number of nitrogen functional groups attached to an aromatic ring is 1. The van der Waals surface area contributed by atoms with Crippen LogP contribution in [0.15, 0.2) is 18.5 Å². The Morgan fingerprint density at radius 1 is 1.47 bits per heavy atom. The summed E-state index contributed by atoms with van der Waals surface area (Å²) in [5, 5.41) is 10.7. The van der Waals surface area contributed by atoms with E-state index in [1.165, 1.54) is 6.42 Å². The summed E-state index contributed by atoms with van der Waals surface area (Å²) in [5.41, 5.74) is 6.75. The van der Waals surface area contributed by atoms with Crippen LogP contribution in [0.4, 0.5) is 5.69 Å². The van der Waals surface area contributed by atoms with Gasteiger partial charge in [0.25, 0.3) is 0 Å². The summed E-state index contributed by atoms with van der Waals surface area (Å²) in [5.74, 6) is 1.09. The average Bonchev–Trinajstić information content (AvgIpc) is 2.78. The number of anilines is 1. The molecular weight excluding hydrogens is 188 g/mol. The molecule has 2 saturated carbocycles. The highest BCUT2D eigenvalue weighted by Gasteiger charge is 2.51. The van der Waals surface area contributed by atoms with Crippen molar-refractivity contribution in [1.82, 2.24) is 4.98 Å². The van der Waals surface area contributed by atoms with E-state index >= 15 is 0 Å². The SMILES string of the molecule is Nc1ccncc1C1(O)CC2CCC1C2. The molecule has 2 aliphatic carbocycles. The van der Waals surface area contributed by atoms with E-state index in [-0.39, 0.29) is 0 Å². The van der Waals surface area contributed by atoms with Gasteiger partial charge in [0.1, 0.15) is 0 Å². The van der Waals surface area contributed by atoms with Crippen molar-refractivity contribution in [2.75, 3.05) is 5.73 Å². The number of nitrogens with two attached hydrogens (primary N) is 1. The van der Waals surface area contributed by atoms with E-state index in [2.05, 4.69) is 4.98 Å². The van der Waals surface area contributed by atoms with Crippen molar-refractivity contribution in [2.45, 2.75) is 31.3 Å². The van der Waals surface area contributed by atoms with Gasteiger partial charge in [0.2, 0.25) is 0 Å². The zero-order valence-electron chi connectivity index (χ0n) is 8.69. The van der Waals surface area contributed by atoms with E-state index in [9.17, 15) is 5.11 Å². The molecule has 0 aromatic carbocycles. The summed E-state index contributed by atoms with van der Waals surface area (Å²) in [4.78, 5) is 4.08. The quantitative estimate of drug-likeness (QED) is 0.731. The summed E-state index contributed by atoms with van der Waals surface area (Å²) in [6.45, 7) is 0. The van der Waals surface area contributed by atoms with Gasteiger partial charge in [-0.2, -0.15) is 0 Å². The first-order valence-corrected chi connectivity index (χ1v) is 5.62. The molecule has 0 aliphatic heterocycles. The monoisotopic (exact) mass is 204 g/mol. The molecule has 3 unspecified atom stereocenters. The van der Waals surface area contributed by atoms with E-state index < -0.39 is 5.60 Å². The minimum Gasteiger partial charge on any atom is -0.398 e. The molecule has 1 aromatic rings. The molecule has 0 saturated heterocycles. The number of nitrogens with zero attached hydrogens (tertiary/aromatic N) is 1. The minimum atomic E-state index is -0.693. The van der Waals surface area contributed by atoms with Gasteiger partial charge in [0, 0.05) is 23.6 Å². The Morgan fingerprint density at radius 3 is 2.93 bits per heavy atom. The number of pyridine rings is 1. The predicted octanol–water partition coefficient (Wildman–Crippen LogP) is 1.67. The van der Waals surface area contributed by atoms with E-state index in [1.54, 1.807) is 18.5 Å². The zero-order valence-corrected chi connectivity index (χ0v) is 8.69. The van der Waals surface area contributed by atoms with Crippen LogP contribution in [0.2, 0.25) is 0 Å². The van der Waals surface area contributed by atoms with Crippen molar-refractivity contribution in [3.8, 4) is 0 Å². The third-order valence-corrected chi connectivity index (χ3v) is 4.14. The second kappa shape index (κ2) is 2.95. The van der Waals surface area contributed by atoms with Crippen LogP contribution in [-0.4, -0.2) is 10.1 Å². The van der Waals surface area contributed by atoms with E-state index in [0.29, 0.717) is 17.5 Å². The van der Waals surface area contributed by atoms with Crippen LogP contribution in [0.5, 0.6) is 0 Å². The highest BCUT2D eigenvalue weighted by Crippen LogP contribution is 2.56. The number of hydrogen-bond donors (Lipinski definition) is 2. The van der Waals surface area contributed by atoms with Crippen LogP contribution >= 0.6 is 0 Å². The Labute approximate surface area is 89.3 Å². The van der Waals surface area contributed by atoms with E-state index in [0.717, 1.165) is 24.8 Å². The molecule has 3 rings (SSSR count). The fraction of sp³-hybridized carbons (Fsp3) is 0.583. The summed E-state index contributed by atoms with van der Waals surface area (Å²) in [6, 6.07) is 1.78. The lowest BCUT2D eigenvalue weighted by molar-refractivity contribution is -0.0178. The van der Waals surface area contributed by atoms with Crippen molar-refractivity contribution in [3.05, 3.63) is 24.0 Å². The molecular formula is C12H16N2O. The molecule has 0 spiro atoms. The molecule has 1 aromatic heterocycles. The topological polar surface area (TPSA) is 59.1 Å². The number of hydrogen-bond acceptors (Lipinski definition) is 3. The molecule has 2 fully saturated rings. The Morgan fingerprint density at radius 2 is 2.33 bits per heavy atom. The zero-order chi connectivity index (χ0) is 10.5. The lowest BCUT2D eigenvalue weighted by Crippen LogP contribution is -2.33. The van der Waals surface area contributed by atoms with Crippen LogP contribution in [0.25, 0.3) is 0 Å². The summed E-state index contributed by atoms with van der Waals surface area (Å²) in [7, 11) is 0. The molecule has 1 heterocycles. The minimum absolute atomic E-state index is 0.397. The maximum Gasteiger partial charge on any atom is 0.0962 e. The summed E-state index contributed by atoms with van der Waals surface area (Å²) < 4.78 is 0. The van der Waals surface area contributed by atoms with Gasteiger partial charge in [-0.1, -0.05) is 0 Å². The first-order chi connectivity index (χ1) is 7.20. The van der Waals surface area contributed by atoms with Gasteiger partial charge < -0.3 is 10.8 Å². The third kappa shape index (κ3) is 1.19. The Kier molecular flexibility index (Phi) is 1.80. The molecule has 3 atom stereocenters. The molecule has 2 bridgehead atoms. The first kappa shape index (κ1) is 9.16. The molecule has 0 amide bonds. The smallest absolute Gasteiger partial charge is 0.0962 e. The van der Waals surface area contributed by atoms with Crippen molar-refractivity contribution < 1.29 is 5.11 Å². The summed E-state index contributed by atoms with van der Waals surface area (Å²) in [6.07, 6.45) is 7.84. The molecule has 15 heavy (non-hydrogen) atoms. The van der Waals surface area contributed by atoms with E-state index in [1.807, 2.05) is 0 Å². The fourth-order valence-corrected chi connectivity index (χ4v) is 3.40. The summed E-state index contributed by atoms with van der Waals surface area (Å²) >= 11 is 0. The van der Waals surface area contributed by atoms with Crippen LogP contribution < -0.4 is 5.73 Å². The van der Waals surface area contributed by atoms with Gasteiger partial charge in [0.15, 0.2) is 0 Å². The maximum absolute atomic E-state index is 10.7.